The Kier molecular flexibility index (Phi) is 4.48. The van der Waals surface area contributed by atoms with Gasteiger partial charge in [0.2, 0.25) is 0 Å². The van der Waals surface area contributed by atoms with Gasteiger partial charge in [-0.3, -0.25) is 0 Å². The molecule has 2 atom stereocenters. The van der Waals surface area contributed by atoms with Crippen LogP contribution >= 0.6 is 0 Å². The van der Waals surface area contributed by atoms with Gasteiger partial charge in [-0.1, -0.05) is 37.5 Å². The predicted octanol–water partition coefficient (Wildman–Crippen LogP) is 2.73. The number of rotatable bonds is 4. The summed E-state index contributed by atoms with van der Waals surface area (Å²) in [6.07, 6.45) is 4.11. The Balaban J connectivity index is 1.90. The van der Waals surface area contributed by atoms with Crippen molar-refractivity contribution in [3.05, 3.63) is 29.3 Å². The molecule has 3 nitrogen and oxygen atoms in total. The van der Waals surface area contributed by atoms with Crippen molar-refractivity contribution < 1.29 is 10.2 Å². The highest BCUT2D eigenvalue weighted by molar-refractivity contribution is 5.35. The minimum Gasteiger partial charge on any atom is -0.508 e. The standard InChI is InChI=1S/C16H25NO2/c1-12-6-7-14(18)13(9-12)10-17-11-16(2)8-4-3-5-15(16)19/h6-7,9,15,17-19H,3-5,8,10-11H2,1-2H3. The lowest BCUT2D eigenvalue weighted by molar-refractivity contribution is 0.00113. The van der Waals surface area contributed by atoms with Crippen LogP contribution in [0.3, 0.4) is 0 Å². The van der Waals surface area contributed by atoms with Gasteiger partial charge in [-0.05, 0) is 25.8 Å². The summed E-state index contributed by atoms with van der Waals surface area (Å²) in [5, 5.41) is 23.3. The largest absolute Gasteiger partial charge is 0.508 e. The zero-order chi connectivity index (χ0) is 13.9. The molecule has 2 rings (SSSR count). The quantitative estimate of drug-likeness (QED) is 0.783. The first-order valence-electron chi connectivity index (χ1n) is 7.18. The number of phenols is 1. The maximum Gasteiger partial charge on any atom is 0.120 e. The molecule has 1 aliphatic carbocycles. The number of aryl methyl sites for hydroxylation is 1. The van der Waals surface area contributed by atoms with Crippen molar-refractivity contribution in [2.24, 2.45) is 5.41 Å². The molecule has 106 valence electrons. The van der Waals surface area contributed by atoms with Crippen LogP contribution in [-0.4, -0.2) is 22.9 Å². The fourth-order valence-corrected chi connectivity index (χ4v) is 2.93. The van der Waals surface area contributed by atoms with Crippen molar-refractivity contribution in [1.82, 2.24) is 5.32 Å². The van der Waals surface area contributed by atoms with Crippen LogP contribution in [0.4, 0.5) is 0 Å². The number of benzene rings is 1. The van der Waals surface area contributed by atoms with Crippen LogP contribution in [0.15, 0.2) is 18.2 Å². The van der Waals surface area contributed by atoms with E-state index in [2.05, 4.69) is 12.2 Å². The third-order valence-electron chi connectivity index (χ3n) is 4.36. The van der Waals surface area contributed by atoms with Crippen LogP contribution in [0.25, 0.3) is 0 Å². The van der Waals surface area contributed by atoms with E-state index in [0.717, 1.165) is 36.9 Å². The van der Waals surface area contributed by atoms with E-state index in [1.165, 1.54) is 6.42 Å². The minimum absolute atomic E-state index is 0.0301. The number of nitrogens with one attached hydrogen (secondary N) is 1. The highest BCUT2D eigenvalue weighted by Gasteiger charge is 2.34. The number of aromatic hydroxyl groups is 1. The zero-order valence-corrected chi connectivity index (χ0v) is 11.9. The molecule has 1 aromatic rings. The third-order valence-corrected chi connectivity index (χ3v) is 4.36. The summed E-state index contributed by atoms with van der Waals surface area (Å²) in [6.45, 7) is 5.62. The molecule has 0 aliphatic heterocycles. The van der Waals surface area contributed by atoms with Crippen LogP contribution in [0.5, 0.6) is 5.75 Å². The lowest BCUT2D eigenvalue weighted by Crippen LogP contribution is -2.43. The molecule has 0 spiro atoms. The van der Waals surface area contributed by atoms with E-state index >= 15 is 0 Å². The second kappa shape index (κ2) is 5.93. The maximum absolute atomic E-state index is 10.1. The minimum atomic E-state index is -0.208. The third kappa shape index (κ3) is 3.48. The first-order valence-corrected chi connectivity index (χ1v) is 7.18. The molecule has 2 unspecified atom stereocenters. The van der Waals surface area contributed by atoms with Gasteiger partial charge >= 0.3 is 0 Å². The Hall–Kier alpha value is -1.06. The van der Waals surface area contributed by atoms with Crippen LogP contribution in [0.1, 0.15) is 43.7 Å². The van der Waals surface area contributed by atoms with Crippen LogP contribution in [0, 0.1) is 12.3 Å². The van der Waals surface area contributed by atoms with E-state index in [9.17, 15) is 10.2 Å². The zero-order valence-electron chi connectivity index (χ0n) is 11.9. The van der Waals surface area contributed by atoms with Crippen molar-refractivity contribution in [1.29, 1.82) is 0 Å². The Bertz CT molecular complexity index is 433. The molecule has 3 heteroatoms. The van der Waals surface area contributed by atoms with Crippen LogP contribution in [-0.2, 0) is 6.54 Å². The number of hydrogen-bond acceptors (Lipinski definition) is 3. The first-order chi connectivity index (χ1) is 9.01. The van der Waals surface area contributed by atoms with Crippen LogP contribution in [0.2, 0.25) is 0 Å². The van der Waals surface area contributed by atoms with Gasteiger partial charge in [0.15, 0.2) is 0 Å². The number of phenolic OH excluding ortho intramolecular Hbond substituents is 1. The van der Waals surface area contributed by atoms with Gasteiger partial charge < -0.3 is 15.5 Å². The molecular weight excluding hydrogens is 238 g/mol. The summed E-state index contributed by atoms with van der Waals surface area (Å²) in [7, 11) is 0. The average Bonchev–Trinajstić information content (AvgIpc) is 2.37. The Morgan fingerprint density at radius 1 is 1.37 bits per heavy atom. The summed E-state index contributed by atoms with van der Waals surface area (Å²) in [6, 6.07) is 5.65. The van der Waals surface area contributed by atoms with Crippen molar-refractivity contribution in [2.45, 2.75) is 52.2 Å². The summed E-state index contributed by atoms with van der Waals surface area (Å²) in [4.78, 5) is 0. The topological polar surface area (TPSA) is 52.5 Å². The molecule has 1 saturated carbocycles. The second-order valence-electron chi connectivity index (χ2n) is 6.15. The van der Waals surface area contributed by atoms with Crippen molar-refractivity contribution in [3.8, 4) is 5.75 Å². The van der Waals surface area contributed by atoms with Gasteiger partial charge in [-0.15, -0.1) is 0 Å². The summed E-state index contributed by atoms with van der Waals surface area (Å²) in [5.74, 6) is 0.340. The van der Waals surface area contributed by atoms with Crippen LogP contribution < -0.4 is 5.32 Å². The first kappa shape index (κ1) is 14.4. The van der Waals surface area contributed by atoms with Crippen molar-refractivity contribution >= 4 is 0 Å². The van der Waals surface area contributed by atoms with E-state index < -0.39 is 0 Å². The molecule has 1 fully saturated rings. The molecule has 3 N–H and O–H groups in total. The molecule has 0 aromatic heterocycles. The van der Waals surface area contributed by atoms with Gasteiger partial charge in [-0.25, -0.2) is 0 Å². The van der Waals surface area contributed by atoms with Gasteiger partial charge in [0, 0.05) is 24.1 Å². The normalized spacial score (nSPS) is 27.4. The smallest absolute Gasteiger partial charge is 0.120 e. The number of hydrogen-bond donors (Lipinski definition) is 3. The predicted molar refractivity (Wildman–Crippen MR) is 77.1 cm³/mol. The molecule has 1 aliphatic rings. The summed E-state index contributed by atoms with van der Waals surface area (Å²) < 4.78 is 0. The number of aliphatic hydroxyl groups excluding tert-OH is 1. The highest BCUT2D eigenvalue weighted by Crippen LogP contribution is 2.35. The molecule has 0 heterocycles. The maximum atomic E-state index is 10.1. The fourth-order valence-electron chi connectivity index (χ4n) is 2.93. The lowest BCUT2D eigenvalue weighted by Gasteiger charge is -2.38. The highest BCUT2D eigenvalue weighted by atomic mass is 16.3. The van der Waals surface area contributed by atoms with Gasteiger partial charge in [-0.2, -0.15) is 0 Å². The van der Waals surface area contributed by atoms with Gasteiger partial charge in [0.1, 0.15) is 5.75 Å². The van der Waals surface area contributed by atoms with E-state index in [-0.39, 0.29) is 11.5 Å². The molecule has 1 aromatic carbocycles. The van der Waals surface area contributed by atoms with E-state index in [1.807, 2.05) is 19.1 Å². The van der Waals surface area contributed by atoms with Gasteiger partial charge in [0.25, 0.3) is 0 Å². The fraction of sp³-hybridized carbons (Fsp3) is 0.625. The molecule has 0 bridgehead atoms. The molecule has 0 amide bonds. The monoisotopic (exact) mass is 263 g/mol. The Labute approximate surface area is 115 Å². The van der Waals surface area contributed by atoms with Gasteiger partial charge in [0.05, 0.1) is 6.10 Å². The Morgan fingerprint density at radius 3 is 2.89 bits per heavy atom. The average molecular weight is 263 g/mol. The lowest BCUT2D eigenvalue weighted by atomic mass is 9.73. The number of aliphatic hydroxyl groups is 1. The molecule has 19 heavy (non-hydrogen) atoms. The van der Waals surface area contributed by atoms with E-state index in [0.29, 0.717) is 12.3 Å². The molecule has 0 saturated heterocycles. The second-order valence-corrected chi connectivity index (χ2v) is 6.15. The summed E-state index contributed by atoms with van der Waals surface area (Å²) in [5.41, 5.74) is 2.05. The Morgan fingerprint density at radius 2 is 2.16 bits per heavy atom. The van der Waals surface area contributed by atoms with E-state index in [1.54, 1.807) is 6.07 Å². The molecule has 0 radical (unpaired) electrons. The van der Waals surface area contributed by atoms with E-state index in [4.69, 9.17) is 0 Å². The molecular formula is C16H25NO2. The van der Waals surface area contributed by atoms with Crippen molar-refractivity contribution in [2.75, 3.05) is 6.54 Å². The summed E-state index contributed by atoms with van der Waals surface area (Å²) >= 11 is 0. The SMILES string of the molecule is Cc1ccc(O)c(CNCC2(C)CCCCC2O)c1. The van der Waals surface area contributed by atoms with Crippen molar-refractivity contribution in [3.63, 3.8) is 0 Å².